The van der Waals surface area contributed by atoms with Gasteiger partial charge in [-0.15, -0.1) is 0 Å². The minimum Gasteiger partial charge on any atom is -0.478 e. The molecule has 0 aliphatic carbocycles. The van der Waals surface area contributed by atoms with Gasteiger partial charge >= 0.3 is 11.7 Å². The Morgan fingerprint density at radius 2 is 2.10 bits per heavy atom. The molecule has 0 atom stereocenters. The van der Waals surface area contributed by atoms with Gasteiger partial charge in [-0.05, 0) is 24.6 Å². The lowest BCUT2D eigenvalue weighted by molar-refractivity contribution is -0.385. The molecule has 0 radical (unpaired) electrons. The SMILES string of the molecule is Cc1cc(Oc2cncc(C(=O)O)c2)c([N+](=O)[O-])cc1F. The maximum absolute atomic E-state index is 13.4. The number of nitrogens with zero attached hydrogens (tertiary/aromatic N) is 2. The second kappa shape index (κ2) is 5.53. The van der Waals surface area contributed by atoms with E-state index in [1.165, 1.54) is 19.2 Å². The van der Waals surface area contributed by atoms with Crippen molar-refractivity contribution in [1.82, 2.24) is 4.98 Å². The average molecular weight is 292 g/mol. The van der Waals surface area contributed by atoms with Gasteiger partial charge in [-0.3, -0.25) is 15.1 Å². The summed E-state index contributed by atoms with van der Waals surface area (Å²) in [7, 11) is 0. The van der Waals surface area contributed by atoms with Crippen LogP contribution in [0.5, 0.6) is 11.5 Å². The van der Waals surface area contributed by atoms with Crippen LogP contribution < -0.4 is 4.74 Å². The zero-order valence-electron chi connectivity index (χ0n) is 10.7. The van der Waals surface area contributed by atoms with Crippen LogP contribution in [0.15, 0.2) is 30.6 Å². The van der Waals surface area contributed by atoms with Crippen LogP contribution in [-0.4, -0.2) is 21.0 Å². The fourth-order valence-corrected chi connectivity index (χ4v) is 1.59. The van der Waals surface area contributed by atoms with E-state index in [9.17, 15) is 19.3 Å². The third-order valence-corrected chi connectivity index (χ3v) is 2.62. The lowest BCUT2D eigenvalue weighted by Crippen LogP contribution is -1.99. The van der Waals surface area contributed by atoms with E-state index in [2.05, 4.69) is 4.98 Å². The number of benzene rings is 1. The first-order valence-electron chi connectivity index (χ1n) is 5.69. The number of hydrogen-bond acceptors (Lipinski definition) is 5. The maximum atomic E-state index is 13.4. The molecular formula is C13H9FN2O5. The minimum atomic E-state index is -1.21. The van der Waals surface area contributed by atoms with Crippen molar-refractivity contribution in [1.29, 1.82) is 0 Å². The fraction of sp³-hybridized carbons (Fsp3) is 0.0769. The van der Waals surface area contributed by atoms with Gasteiger partial charge in [-0.25, -0.2) is 9.18 Å². The van der Waals surface area contributed by atoms with Crippen molar-refractivity contribution in [2.75, 3.05) is 0 Å². The molecule has 21 heavy (non-hydrogen) atoms. The first-order chi connectivity index (χ1) is 9.88. The average Bonchev–Trinajstić information content (AvgIpc) is 2.42. The van der Waals surface area contributed by atoms with Gasteiger partial charge in [0.1, 0.15) is 11.6 Å². The summed E-state index contributed by atoms with van der Waals surface area (Å²) < 4.78 is 18.6. The van der Waals surface area contributed by atoms with Crippen molar-refractivity contribution in [2.45, 2.75) is 6.92 Å². The summed E-state index contributed by atoms with van der Waals surface area (Å²) in [6.07, 6.45) is 2.31. The van der Waals surface area contributed by atoms with Gasteiger partial charge < -0.3 is 9.84 Å². The van der Waals surface area contributed by atoms with E-state index in [1.807, 2.05) is 0 Å². The second-order valence-electron chi connectivity index (χ2n) is 4.14. The van der Waals surface area contributed by atoms with Crippen LogP contribution >= 0.6 is 0 Å². The van der Waals surface area contributed by atoms with Gasteiger partial charge in [-0.1, -0.05) is 0 Å². The summed E-state index contributed by atoms with van der Waals surface area (Å²) in [6, 6.07) is 3.08. The molecule has 0 unspecified atom stereocenters. The number of ether oxygens (including phenoxy) is 1. The number of carbonyl (C=O) groups is 1. The van der Waals surface area contributed by atoms with E-state index in [1.54, 1.807) is 0 Å². The van der Waals surface area contributed by atoms with Crippen molar-refractivity contribution in [3.8, 4) is 11.5 Å². The number of aryl methyl sites for hydroxylation is 1. The van der Waals surface area contributed by atoms with Crippen LogP contribution in [0.4, 0.5) is 10.1 Å². The molecule has 108 valence electrons. The standard InChI is InChI=1S/C13H9FN2O5/c1-7-2-12(11(16(19)20)4-10(7)14)21-9-3-8(13(17)18)5-15-6-9/h2-6H,1H3,(H,17,18). The predicted octanol–water partition coefficient (Wildman–Crippen LogP) is 2.93. The van der Waals surface area contributed by atoms with Crippen molar-refractivity contribution in [3.05, 3.63) is 57.7 Å². The number of rotatable bonds is 4. The van der Waals surface area contributed by atoms with Gasteiger partial charge in [0.25, 0.3) is 0 Å². The number of aromatic nitrogens is 1. The Morgan fingerprint density at radius 1 is 1.38 bits per heavy atom. The topological polar surface area (TPSA) is 103 Å². The largest absolute Gasteiger partial charge is 0.478 e. The predicted molar refractivity (Wildman–Crippen MR) is 69.1 cm³/mol. The molecule has 1 aromatic carbocycles. The number of halogens is 1. The molecule has 0 aliphatic rings. The lowest BCUT2D eigenvalue weighted by atomic mass is 10.2. The van der Waals surface area contributed by atoms with Crippen molar-refractivity contribution >= 4 is 11.7 Å². The Balaban J connectivity index is 2.43. The smallest absolute Gasteiger partial charge is 0.337 e. The van der Waals surface area contributed by atoms with Crippen LogP contribution in [0.3, 0.4) is 0 Å². The summed E-state index contributed by atoms with van der Waals surface area (Å²) in [6.45, 7) is 1.43. The highest BCUT2D eigenvalue weighted by Crippen LogP contribution is 2.33. The molecule has 2 aromatic rings. The number of aromatic carboxylic acids is 1. The van der Waals surface area contributed by atoms with Crippen LogP contribution in [0.25, 0.3) is 0 Å². The monoisotopic (exact) mass is 292 g/mol. The maximum Gasteiger partial charge on any atom is 0.337 e. The van der Waals surface area contributed by atoms with Crippen molar-refractivity contribution in [3.63, 3.8) is 0 Å². The molecule has 0 saturated heterocycles. The van der Waals surface area contributed by atoms with Crippen LogP contribution in [0, 0.1) is 22.9 Å². The molecule has 2 rings (SSSR count). The van der Waals surface area contributed by atoms with E-state index in [0.717, 1.165) is 18.3 Å². The first-order valence-corrected chi connectivity index (χ1v) is 5.69. The highest BCUT2D eigenvalue weighted by molar-refractivity contribution is 5.87. The van der Waals surface area contributed by atoms with Crippen LogP contribution in [0.1, 0.15) is 15.9 Å². The normalized spacial score (nSPS) is 10.2. The van der Waals surface area contributed by atoms with Gasteiger partial charge in [-0.2, -0.15) is 0 Å². The molecule has 0 saturated carbocycles. The quantitative estimate of drug-likeness (QED) is 0.686. The summed E-state index contributed by atoms with van der Waals surface area (Å²) >= 11 is 0. The lowest BCUT2D eigenvalue weighted by Gasteiger charge is -2.08. The van der Waals surface area contributed by atoms with E-state index < -0.39 is 22.4 Å². The number of hydrogen-bond donors (Lipinski definition) is 1. The minimum absolute atomic E-state index is 0.00371. The summed E-state index contributed by atoms with van der Waals surface area (Å²) in [4.78, 5) is 24.6. The molecule has 1 aromatic heterocycles. The third kappa shape index (κ3) is 3.11. The van der Waals surface area contributed by atoms with E-state index in [4.69, 9.17) is 9.84 Å². The number of nitro groups is 1. The highest BCUT2D eigenvalue weighted by Gasteiger charge is 2.19. The van der Waals surface area contributed by atoms with E-state index in [0.29, 0.717) is 0 Å². The number of carboxylic acids is 1. The Labute approximate surface area is 117 Å². The first kappa shape index (κ1) is 14.4. The van der Waals surface area contributed by atoms with Crippen LogP contribution in [0.2, 0.25) is 0 Å². The number of pyridine rings is 1. The van der Waals surface area contributed by atoms with E-state index in [-0.39, 0.29) is 22.6 Å². The zero-order valence-corrected chi connectivity index (χ0v) is 10.7. The zero-order chi connectivity index (χ0) is 15.6. The Bertz CT molecular complexity index is 732. The van der Waals surface area contributed by atoms with Gasteiger partial charge in [0.2, 0.25) is 5.75 Å². The fourth-order valence-electron chi connectivity index (χ4n) is 1.59. The number of carboxylic acid groups (broad SMARTS) is 1. The molecule has 1 heterocycles. The molecule has 7 nitrogen and oxygen atoms in total. The van der Waals surface area contributed by atoms with Crippen molar-refractivity contribution in [2.24, 2.45) is 0 Å². The summed E-state index contributed by atoms with van der Waals surface area (Å²) in [5.74, 6) is -2.13. The Kier molecular flexibility index (Phi) is 3.79. The van der Waals surface area contributed by atoms with Crippen molar-refractivity contribution < 1.29 is 24.0 Å². The second-order valence-corrected chi connectivity index (χ2v) is 4.14. The summed E-state index contributed by atoms with van der Waals surface area (Å²) in [5, 5.41) is 19.7. The van der Waals surface area contributed by atoms with E-state index >= 15 is 0 Å². The molecule has 0 aliphatic heterocycles. The molecule has 0 fully saturated rings. The van der Waals surface area contributed by atoms with Gasteiger partial charge in [0, 0.05) is 6.20 Å². The van der Waals surface area contributed by atoms with Crippen LogP contribution in [-0.2, 0) is 0 Å². The third-order valence-electron chi connectivity index (χ3n) is 2.62. The Hall–Kier alpha value is -3.03. The highest BCUT2D eigenvalue weighted by atomic mass is 19.1. The molecule has 0 bridgehead atoms. The van der Waals surface area contributed by atoms with Gasteiger partial charge in [0.05, 0.1) is 22.7 Å². The molecule has 0 spiro atoms. The molecular weight excluding hydrogens is 283 g/mol. The summed E-state index contributed by atoms with van der Waals surface area (Å²) in [5.41, 5.74) is -0.522. The molecule has 8 heteroatoms. The number of nitro benzene ring substituents is 1. The Morgan fingerprint density at radius 3 is 2.71 bits per heavy atom. The van der Waals surface area contributed by atoms with Gasteiger partial charge in [0.15, 0.2) is 0 Å². The molecule has 0 amide bonds. The molecule has 1 N–H and O–H groups in total.